The fourth-order valence-electron chi connectivity index (χ4n) is 1.58. The number of rotatable bonds is 5. The molecule has 1 rings (SSSR count). The van der Waals surface area contributed by atoms with Gasteiger partial charge < -0.3 is 5.11 Å². The summed E-state index contributed by atoms with van der Waals surface area (Å²) in [4.78, 5) is 0. The standard InChI is InChI=1S/C15H20O/c1-2-3-4-5-7-12-15(13-16)14-10-8-6-9-11-14/h6,8-11,15-16H,2-5,13H2,1H3. The first-order valence-corrected chi connectivity index (χ1v) is 6.02. The van der Waals surface area contributed by atoms with Crippen molar-refractivity contribution in [3.05, 3.63) is 35.9 Å². The highest BCUT2D eigenvalue weighted by molar-refractivity contribution is 5.27. The summed E-state index contributed by atoms with van der Waals surface area (Å²) in [5.74, 6) is 6.28. The zero-order valence-electron chi connectivity index (χ0n) is 9.95. The summed E-state index contributed by atoms with van der Waals surface area (Å²) in [6, 6.07) is 9.98. The lowest BCUT2D eigenvalue weighted by Gasteiger charge is -2.06. The number of benzene rings is 1. The van der Waals surface area contributed by atoms with Crippen molar-refractivity contribution in [1.29, 1.82) is 0 Å². The van der Waals surface area contributed by atoms with E-state index in [2.05, 4.69) is 18.8 Å². The topological polar surface area (TPSA) is 20.2 Å². The molecule has 1 aromatic carbocycles. The molecule has 0 spiro atoms. The molecule has 1 N–H and O–H groups in total. The van der Waals surface area contributed by atoms with E-state index in [9.17, 15) is 5.11 Å². The molecule has 0 bridgehead atoms. The van der Waals surface area contributed by atoms with Crippen molar-refractivity contribution >= 4 is 0 Å². The average molecular weight is 216 g/mol. The van der Waals surface area contributed by atoms with Crippen molar-refractivity contribution in [3.63, 3.8) is 0 Å². The van der Waals surface area contributed by atoms with Crippen molar-refractivity contribution < 1.29 is 5.11 Å². The van der Waals surface area contributed by atoms with Gasteiger partial charge in [-0.1, -0.05) is 56.0 Å². The highest BCUT2D eigenvalue weighted by Crippen LogP contribution is 2.13. The zero-order valence-corrected chi connectivity index (χ0v) is 9.95. The van der Waals surface area contributed by atoms with Gasteiger partial charge in [0.1, 0.15) is 0 Å². The second-order valence-corrected chi connectivity index (χ2v) is 3.92. The van der Waals surface area contributed by atoms with Crippen LogP contribution in [0, 0.1) is 11.8 Å². The Kier molecular flexibility index (Phi) is 6.37. The second-order valence-electron chi connectivity index (χ2n) is 3.92. The molecular formula is C15H20O. The quantitative estimate of drug-likeness (QED) is 0.591. The molecule has 0 aromatic heterocycles. The molecule has 16 heavy (non-hydrogen) atoms. The summed E-state index contributed by atoms with van der Waals surface area (Å²) in [6.07, 6.45) is 4.57. The third-order valence-corrected chi connectivity index (χ3v) is 2.57. The minimum absolute atomic E-state index is 0.0252. The predicted molar refractivity (Wildman–Crippen MR) is 68.2 cm³/mol. The number of unbranched alkanes of at least 4 members (excludes halogenated alkanes) is 3. The average Bonchev–Trinajstić information content (AvgIpc) is 2.35. The van der Waals surface area contributed by atoms with Gasteiger partial charge in [-0.05, 0) is 12.0 Å². The minimum Gasteiger partial charge on any atom is -0.395 e. The first kappa shape index (κ1) is 12.8. The van der Waals surface area contributed by atoms with Crippen LogP contribution >= 0.6 is 0 Å². The fraction of sp³-hybridized carbons (Fsp3) is 0.467. The van der Waals surface area contributed by atoms with Gasteiger partial charge in [0.2, 0.25) is 0 Å². The summed E-state index contributed by atoms with van der Waals surface area (Å²) >= 11 is 0. The van der Waals surface area contributed by atoms with Gasteiger partial charge in [0.25, 0.3) is 0 Å². The van der Waals surface area contributed by atoms with Crippen LogP contribution in [0.3, 0.4) is 0 Å². The molecule has 0 amide bonds. The van der Waals surface area contributed by atoms with Gasteiger partial charge in [0.15, 0.2) is 0 Å². The van der Waals surface area contributed by atoms with Crippen LogP contribution in [0.15, 0.2) is 30.3 Å². The molecular weight excluding hydrogens is 196 g/mol. The van der Waals surface area contributed by atoms with Gasteiger partial charge in [0.05, 0.1) is 12.5 Å². The summed E-state index contributed by atoms with van der Waals surface area (Å²) in [5, 5.41) is 9.28. The highest BCUT2D eigenvalue weighted by Gasteiger charge is 2.04. The Morgan fingerprint density at radius 3 is 2.56 bits per heavy atom. The van der Waals surface area contributed by atoms with E-state index in [-0.39, 0.29) is 12.5 Å². The molecule has 0 aliphatic heterocycles. The van der Waals surface area contributed by atoms with E-state index in [0.29, 0.717) is 0 Å². The van der Waals surface area contributed by atoms with Gasteiger partial charge in [-0.3, -0.25) is 0 Å². The fourth-order valence-corrected chi connectivity index (χ4v) is 1.58. The Hall–Kier alpha value is -1.26. The van der Waals surface area contributed by atoms with Crippen LogP contribution in [0.4, 0.5) is 0 Å². The maximum absolute atomic E-state index is 9.28. The summed E-state index contributed by atoms with van der Waals surface area (Å²) in [6.45, 7) is 2.29. The molecule has 86 valence electrons. The summed E-state index contributed by atoms with van der Waals surface area (Å²) in [7, 11) is 0. The lowest BCUT2D eigenvalue weighted by Crippen LogP contribution is -2.00. The van der Waals surface area contributed by atoms with Gasteiger partial charge in [-0.15, -0.1) is 5.92 Å². The van der Waals surface area contributed by atoms with E-state index >= 15 is 0 Å². The van der Waals surface area contributed by atoms with E-state index in [0.717, 1.165) is 18.4 Å². The van der Waals surface area contributed by atoms with Gasteiger partial charge in [-0.25, -0.2) is 0 Å². The Balaban J connectivity index is 2.49. The second kappa shape index (κ2) is 7.96. The number of hydrogen-bond donors (Lipinski definition) is 1. The normalized spacial score (nSPS) is 11.6. The van der Waals surface area contributed by atoms with Crippen LogP contribution in [0.2, 0.25) is 0 Å². The Morgan fingerprint density at radius 1 is 1.19 bits per heavy atom. The van der Waals surface area contributed by atoms with Crippen molar-refractivity contribution in [2.45, 2.75) is 38.5 Å². The first-order valence-electron chi connectivity index (χ1n) is 6.02. The van der Waals surface area contributed by atoms with E-state index in [1.165, 1.54) is 12.8 Å². The summed E-state index contributed by atoms with van der Waals surface area (Å²) < 4.78 is 0. The number of aliphatic hydroxyl groups excluding tert-OH is 1. The Morgan fingerprint density at radius 2 is 1.94 bits per heavy atom. The molecule has 0 aliphatic carbocycles. The first-order chi connectivity index (χ1) is 7.88. The van der Waals surface area contributed by atoms with Gasteiger partial charge in [-0.2, -0.15) is 0 Å². The van der Waals surface area contributed by atoms with Crippen LogP contribution in [0.5, 0.6) is 0 Å². The van der Waals surface area contributed by atoms with E-state index < -0.39 is 0 Å². The molecule has 1 nitrogen and oxygen atoms in total. The molecule has 0 saturated heterocycles. The molecule has 1 aromatic rings. The highest BCUT2D eigenvalue weighted by atomic mass is 16.3. The SMILES string of the molecule is CCCCCC#CC(CO)c1ccccc1. The van der Waals surface area contributed by atoms with E-state index in [1.54, 1.807) is 0 Å². The third kappa shape index (κ3) is 4.51. The molecule has 0 radical (unpaired) electrons. The lowest BCUT2D eigenvalue weighted by atomic mass is 10.0. The van der Waals surface area contributed by atoms with Crippen LogP contribution in [0.1, 0.15) is 44.1 Å². The van der Waals surface area contributed by atoms with Crippen molar-refractivity contribution in [2.75, 3.05) is 6.61 Å². The molecule has 1 heteroatoms. The Bertz CT molecular complexity index is 331. The largest absolute Gasteiger partial charge is 0.395 e. The summed E-state index contributed by atoms with van der Waals surface area (Å²) in [5.41, 5.74) is 1.10. The van der Waals surface area contributed by atoms with Crippen LogP contribution in [0.25, 0.3) is 0 Å². The van der Waals surface area contributed by atoms with Crippen LogP contribution < -0.4 is 0 Å². The molecule has 0 saturated carbocycles. The monoisotopic (exact) mass is 216 g/mol. The predicted octanol–water partition coefficient (Wildman–Crippen LogP) is 3.35. The van der Waals surface area contributed by atoms with Crippen molar-refractivity contribution in [1.82, 2.24) is 0 Å². The van der Waals surface area contributed by atoms with Gasteiger partial charge >= 0.3 is 0 Å². The lowest BCUT2D eigenvalue weighted by molar-refractivity contribution is 0.286. The molecule has 1 unspecified atom stereocenters. The van der Waals surface area contributed by atoms with Crippen molar-refractivity contribution in [3.8, 4) is 11.8 Å². The number of aliphatic hydroxyl groups is 1. The zero-order chi connectivity index (χ0) is 11.6. The van der Waals surface area contributed by atoms with Crippen LogP contribution in [-0.4, -0.2) is 11.7 Å². The number of hydrogen-bond acceptors (Lipinski definition) is 1. The third-order valence-electron chi connectivity index (χ3n) is 2.57. The van der Waals surface area contributed by atoms with E-state index in [1.807, 2.05) is 30.3 Å². The Labute approximate surface area is 98.5 Å². The van der Waals surface area contributed by atoms with E-state index in [4.69, 9.17) is 0 Å². The maximum atomic E-state index is 9.28. The smallest absolute Gasteiger partial charge is 0.0683 e. The van der Waals surface area contributed by atoms with Crippen molar-refractivity contribution in [2.24, 2.45) is 0 Å². The van der Waals surface area contributed by atoms with Crippen LogP contribution in [-0.2, 0) is 0 Å². The maximum Gasteiger partial charge on any atom is 0.0683 e. The molecule has 0 aliphatic rings. The molecule has 0 fully saturated rings. The molecule has 0 heterocycles. The van der Waals surface area contributed by atoms with Gasteiger partial charge in [0, 0.05) is 6.42 Å². The minimum atomic E-state index is -0.0252. The molecule has 1 atom stereocenters.